The molecule has 1 saturated heterocycles. The van der Waals surface area contributed by atoms with E-state index in [2.05, 4.69) is 32.7 Å². The number of nitrogens with one attached hydrogen (secondary N) is 2. The van der Waals surface area contributed by atoms with Crippen LogP contribution in [0.25, 0.3) is 0 Å². The molecule has 158 valence electrons. The van der Waals surface area contributed by atoms with Crippen LogP contribution in [0.3, 0.4) is 0 Å². The predicted molar refractivity (Wildman–Crippen MR) is 128 cm³/mol. The fourth-order valence-corrected chi connectivity index (χ4v) is 3.55. The Morgan fingerprint density at radius 1 is 1.17 bits per heavy atom. The van der Waals surface area contributed by atoms with Crippen molar-refractivity contribution in [1.82, 2.24) is 10.6 Å². The molecule has 2 aromatic rings. The number of methoxy groups -OCH3 is 1. The lowest BCUT2D eigenvalue weighted by Crippen LogP contribution is -2.41. The summed E-state index contributed by atoms with van der Waals surface area (Å²) in [5, 5.41) is 6.76. The molecular weight excluding hydrogens is 482 g/mol. The maximum absolute atomic E-state index is 13.0. The van der Waals surface area contributed by atoms with Crippen LogP contribution >= 0.6 is 24.0 Å². The molecule has 0 radical (unpaired) electrons. The van der Waals surface area contributed by atoms with Gasteiger partial charge in [0.05, 0.1) is 12.8 Å². The molecule has 3 rings (SSSR count). The summed E-state index contributed by atoms with van der Waals surface area (Å²) in [5.41, 5.74) is 2.27. The van der Waals surface area contributed by atoms with E-state index in [-0.39, 0.29) is 29.8 Å². The van der Waals surface area contributed by atoms with E-state index in [0.717, 1.165) is 62.0 Å². The molecule has 5 nitrogen and oxygen atoms in total. The topological polar surface area (TPSA) is 48.9 Å². The third-order valence-corrected chi connectivity index (χ3v) is 5.11. The smallest absolute Gasteiger partial charge is 0.190 e. The summed E-state index contributed by atoms with van der Waals surface area (Å²) in [5.74, 6) is 2.08. The van der Waals surface area contributed by atoms with Crippen molar-refractivity contribution in [2.75, 3.05) is 45.2 Å². The highest BCUT2D eigenvalue weighted by Gasteiger charge is 2.24. The molecule has 1 unspecified atom stereocenters. The van der Waals surface area contributed by atoms with Gasteiger partial charge in [-0.3, -0.25) is 4.99 Å². The van der Waals surface area contributed by atoms with Crippen molar-refractivity contribution in [1.29, 1.82) is 0 Å². The van der Waals surface area contributed by atoms with Crippen LogP contribution in [0.5, 0.6) is 5.75 Å². The lowest BCUT2D eigenvalue weighted by atomic mass is 10.1. The van der Waals surface area contributed by atoms with Crippen LogP contribution in [-0.4, -0.2) is 46.3 Å². The molecule has 2 N–H and O–H groups in total. The van der Waals surface area contributed by atoms with Gasteiger partial charge in [-0.15, -0.1) is 24.0 Å². The lowest BCUT2D eigenvalue weighted by molar-refractivity contribution is 0.414. The second-order valence-electron chi connectivity index (χ2n) is 7.03. The maximum Gasteiger partial charge on any atom is 0.190 e. The molecular formula is C22H30FIN4O. The Morgan fingerprint density at radius 2 is 1.93 bits per heavy atom. The van der Waals surface area contributed by atoms with E-state index in [1.54, 1.807) is 14.2 Å². The number of rotatable bonds is 7. The normalized spacial score (nSPS) is 16.3. The minimum absolute atomic E-state index is 0. The first-order chi connectivity index (χ1) is 13.7. The van der Waals surface area contributed by atoms with Crippen LogP contribution < -0.4 is 20.3 Å². The second kappa shape index (κ2) is 11.8. The van der Waals surface area contributed by atoms with Crippen molar-refractivity contribution in [2.24, 2.45) is 10.9 Å². The summed E-state index contributed by atoms with van der Waals surface area (Å²) in [4.78, 5) is 6.68. The van der Waals surface area contributed by atoms with Crippen molar-refractivity contribution in [3.63, 3.8) is 0 Å². The van der Waals surface area contributed by atoms with Gasteiger partial charge in [-0.05, 0) is 48.6 Å². The summed E-state index contributed by atoms with van der Waals surface area (Å²) in [6.07, 6.45) is 1.96. The molecule has 1 aliphatic rings. The highest BCUT2D eigenvalue weighted by molar-refractivity contribution is 14.0. The number of hydrogen-bond donors (Lipinski definition) is 2. The van der Waals surface area contributed by atoms with Crippen molar-refractivity contribution < 1.29 is 9.13 Å². The van der Waals surface area contributed by atoms with Crippen LogP contribution in [0.1, 0.15) is 12.0 Å². The van der Waals surface area contributed by atoms with Crippen molar-refractivity contribution in [3.8, 4) is 5.75 Å². The lowest BCUT2D eigenvalue weighted by Gasteiger charge is -2.21. The van der Waals surface area contributed by atoms with Gasteiger partial charge < -0.3 is 20.3 Å². The van der Waals surface area contributed by atoms with E-state index in [4.69, 9.17) is 4.74 Å². The standard InChI is InChI=1S/C22H29FN4O.HI/c1-24-22(25-13-11-17-7-9-19(23)10-8-17)26-15-18-12-14-27(16-18)20-5-3-4-6-21(20)28-2;/h3-10,18H,11-16H2,1-2H3,(H2,24,25,26);1H. The number of ether oxygens (including phenoxy) is 1. The van der Waals surface area contributed by atoms with E-state index < -0.39 is 0 Å². The highest BCUT2D eigenvalue weighted by atomic mass is 127. The Bertz CT molecular complexity index is 785. The summed E-state index contributed by atoms with van der Waals surface area (Å²) >= 11 is 0. The number of aliphatic imine (C=N–C) groups is 1. The molecule has 0 spiro atoms. The number of guanidine groups is 1. The largest absolute Gasteiger partial charge is 0.495 e. The van der Waals surface area contributed by atoms with Gasteiger partial charge in [-0.1, -0.05) is 24.3 Å². The highest BCUT2D eigenvalue weighted by Crippen LogP contribution is 2.31. The number of hydrogen-bond acceptors (Lipinski definition) is 3. The second-order valence-corrected chi connectivity index (χ2v) is 7.03. The molecule has 1 aliphatic heterocycles. The third kappa shape index (κ3) is 6.76. The molecule has 1 heterocycles. The van der Waals surface area contributed by atoms with Crippen LogP contribution in [0.2, 0.25) is 0 Å². The Balaban J connectivity index is 0.00000300. The van der Waals surface area contributed by atoms with E-state index in [9.17, 15) is 4.39 Å². The molecule has 2 aromatic carbocycles. The Morgan fingerprint density at radius 3 is 2.66 bits per heavy atom. The zero-order valence-corrected chi connectivity index (χ0v) is 19.4. The summed E-state index contributed by atoms with van der Waals surface area (Å²) in [7, 11) is 3.50. The Labute approximate surface area is 189 Å². The summed E-state index contributed by atoms with van der Waals surface area (Å²) in [6, 6.07) is 14.8. The fraction of sp³-hybridized carbons (Fsp3) is 0.409. The van der Waals surface area contributed by atoms with E-state index in [0.29, 0.717) is 5.92 Å². The first-order valence-electron chi connectivity index (χ1n) is 9.76. The van der Waals surface area contributed by atoms with Gasteiger partial charge in [0.2, 0.25) is 0 Å². The van der Waals surface area contributed by atoms with Crippen molar-refractivity contribution in [3.05, 3.63) is 59.9 Å². The number of benzene rings is 2. The SMILES string of the molecule is CN=C(NCCc1ccc(F)cc1)NCC1CCN(c2ccccc2OC)C1.I. The molecule has 0 aliphatic carbocycles. The average Bonchev–Trinajstić information content (AvgIpc) is 3.20. The van der Waals surface area contributed by atoms with E-state index in [1.807, 2.05) is 24.3 Å². The fourth-order valence-electron chi connectivity index (χ4n) is 3.55. The summed E-state index contributed by atoms with van der Waals surface area (Å²) in [6.45, 7) is 3.66. The molecule has 0 saturated carbocycles. The maximum atomic E-state index is 13.0. The van der Waals surface area contributed by atoms with Gasteiger partial charge in [0.25, 0.3) is 0 Å². The van der Waals surface area contributed by atoms with Gasteiger partial charge in [0.15, 0.2) is 5.96 Å². The zero-order valence-electron chi connectivity index (χ0n) is 17.0. The monoisotopic (exact) mass is 512 g/mol. The average molecular weight is 512 g/mol. The molecule has 29 heavy (non-hydrogen) atoms. The van der Waals surface area contributed by atoms with Gasteiger partial charge in [0.1, 0.15) is 11.6 Å². The minimum Gasteiger partial charge on any atom is -0.495 e. The zero-order chi connectivity index (χ0) is 19.8. The van der Waals surface area contributed by atoms with Gasteiger partial charge in [-0.25, -0.2) is 4.39 Å². The van der Waals surface area contributed by atoms with Crippen LogP contribution in [0.4, 0.5) is 10.1 Å². The molecule has 0 bridgehead atoms. The Hall–Kier alpha value is -2.03. The van der Waals surface area contributed by atoms with Crippen LogP contribution in [-0.2, 0) is 6.42 Å². The molecule has 0 aromatic heterocycles. The van der Waals surface area contributed by atoms with E-state index >= 15 is 0 Å². The predicted octanol–water partition coefficient (Wildman–Crippen LogP) is 3.69. The minimum atomic E-state index is -0.201. The molecule has 7 heteroatoms. The van der Waals surface area contributed by atoms with Crippen molar-refractivity contribution >= 4 is 35.6 Å². The van der Waals surface area contributed by atoms with Gasteiger partial charge in [0, 0.05) is 33.2 Å². The first-order valence-corrected chi connectivity index (χ1v) is 9.76. The third-order valence-electron chi connectivity index (χ3n) is 5.11. The number of nitrogens with zero attached hydrogens (tertiary/aromatic N) is 2. The van der Waals surface area contributed by atoms with E-state index in [1.165, 1.54) is 12.1 Å². The number of para-hydroxylation sites is 2. The summed E-state index contributed by atoms with van der Waals surface area (Å²) < 4.78 is 18.5. The van der Waals surface area contributed by atoms with Gasteiger partial charge >= 0.3 is 0 Å². The number of halogens is 2. The molecule has 0 amide bonds. The molecule has 1 fully saturated rings. The molecule has 1 atom stereocenters. The van der Waals surface area contributed by atoms with Gasteiger partial charge in [-0.2, -0.15) is 0 Å². The van der Waals surface area contributed by atoms with Crippen molar-refractivity contribution in [2.45, 2.75) is 12.8 Å². The first kappa shape index (κ1) is 23.3. The number of anilines is 1. The quantitative estimate of drug-likeness (QED) is 0.338. The van der Waals surface area contributed by atoms with Crippen LogP contribution in [0.15, 0.2) is 53.5 Å². The Kier molecular flexibility index (Phi) is 9.50. The van der Waals surface area contributed by atoms with Crippen LogP contribution in [0, 0.1) is 11.7 Å².